The van der Waals surface area contributed by atoms with Gasteiger partial charge in [0.1, 0.15) is 5.82 Å². The van der Waals surface area contributed by atoms with Gasteiger partial charge in [-0.1, -0.05) is 41.6 Å². The van der Waals surface area contributed by atoms with Crippen molar-refractivity contribution in [3.63, 3.8) is 0 Å². The third kappa shape index (κ3) is 5.72. The summed E-state index contributed by atoms with van der Waals surface area (Å²) in [6, 6.07) is 15.9. The Balaban J connectivity index is 1.67. The molecule has 0 fully saturated rings. The Kier molecular flexibility index (Phi) is 6.65. The van der Waals surface area contributed by atoms with Crippen LogP contribution < -0.4 is 0 Å². The number of hydrogen-bond acceptors (Lipinski definition) is 5. The molecule has 4 rings (SSSR count). The SMILES string of the molecule is CN(CC(=O)O)Cc1cc(F)cc(-c2noc(-c3ccc(-c4ccccc4)c(C(F)(F)F)c3)n2)c1. The van der Waals surface area contributed by atoms with Crippen LogP contribution >= 0.6 is 0 Å². The van der Waals surface area contributed by atoms with Crippen LogP contribution in [0.1, 0.15) is 11.1 Å². The van der Waals surface area contributed by atoms with Gasteiger partial charge in [-0.2, -0.15) is 18.2 Å². The molecule has 0 spiro atoms. The zero-order valence-corrected chi connectivity index (χ0v) is 18.4. The first kappa shape index (κ1) is 24.1. The van der Waals surface area contributed by atoms with E-state index < -0.39 is 23.5 Å². The van der Waals surface area contributed by atoms with Gasteiger partial charge in [-0.05, 0) is 54.1 Å². The second-order valence-corrected chi connectivity index (χ2v) is 7.96. The highest BCUT2D eigenvalue weighted by Gasteiger charge is 2.34. The van der Waals surface area contributed by atoms with Gasteiger partial charge in [0, 0.05) is 17.7 Å². The van der Waals surface area contributed by atoms with Crippen LogP contribution in [0.4, 0.5) is 17.6 Å². The minimum atomic E-state index is -4.62. The number of halogens is 4. The van der Waals surface area contributed by atoms with Crippen molar-refractivity contribution in [2.24, 2.45) is 0 Å². The molecule has 0 amide bonds. The van der Waals surface area contributed by atoms with Gasteiger partial charge in [-0.25, -0.2) is 4.39 Å². The maximum atomic E-state index is 14.2. The summed E-state index contributed by atoms with van der Waals surface area (Å²) in [5, 5.41) is 12.7. The molecule has 4 aromatic rings. The van der Waals surface area contributed by atoms with E-state index in [4.69, 9.17) is 9.63 Å². The highest BCUT2D eigenvalue weighted by atomic mass is 19.4. The van der Waals surface area contributed by atoms with Crippen LogP contribution in [0.5, 0.6) is 0 Å². The average Bonchev–Trinajstić information content (AvgIpc) is 3.28. The zero-order valence-electron chi connectivity index (χ0n) is 18.4. The molecule has 0 saturated carbocycles. The largest absolute Gasteiger partial charge is 0.480 e. The Hall–Kier alpha value is -4.05. The number of alkyl halides is 3. The van der Waals surface area contributed by atoms with E-state index in [0.29, 0.717) is 11.1 Å². The van der Waals surface area contributed by atoms with Crippen molar-refractivity contribution in [3.05, 3.63) is 83.7 Å². The van der Waals surface area contributed by atoms with Crippen molar-refractivity contribution in [3.8, 4) is 34.0 Å². The van der Waals surface area contributed by atoms with Gasteiger partial charge >= 0.3 is 12.1 Å². The molecule has 35 heavy (non-hydrogen) atoms. The summed E-state index contributed by atoms with van der Waals surface area (Å²) in [6.07, 6.45) is -4.62. The fourth-order valence-electron chi connectivity index (χ4n) is 3.71. The summed E-state index contributed by atoms with van der Waals surface area (Å²) in [6.45, 7) is -0.0869. The van der Waals surface area contributed by atoms with Crippen LogP contribution in [0.25, 0.3) is 34.0 Å². The highest BCUT2D eigenvalue weighted by Crippen LogP contribution is 2.39. The van der Waals surface area contributed by atoms with Crippen molar-refractivity contribution in [2.45, 2.75) is 12.7 Å². The van der Waals surface area contributed by atoms with E-state index in [1.807, 2.05) is 0 Å². The molecular formula is C25H19F4N3O3. The summed E-state index contributed by atoms with van der Waals surface area (Å²) in [5.41, 5.74) is 0.362. The van der Waals surface area contributed by atoms with E-state index in [2.05, 4.69) is 10.1 Å². The normalized spacial score (nSPS) is 11.7. The molecule has 0 atom stereocenters. The topological polar surface area (TPSA) is 79.5 Å². The van der Waals surface area contributed by atoms with Crippen LogP contribution in [-0.2, 0) is 17.5 Å². The molecule has 0 saturated heterocycles. The van der Waals surface area contributed by atoms with E-state index in [9.17, 15) is 22.4 Å². The standard InChI is InChI=1S/C25H19F4N3O3/c1-32(14-22(33)34)13-15-9-18(11-19(26)10-15)23-30-24(35-31-23)17-7-8-20(16-5-3-2-4-6-16)21(12-17)25(27,28)29/h2-12H,13-14H2,1H3,(H,33,34). The lowest BCUT2D eigenvalue weighted by molar-refractivity contribution is -0.138. The molecule has 0 bridgehead atoms. The fourth-order valence-corrected chi connectivity index (χ4v) is 3.71. The number of carboxylic acids is 1. The molecule has 0 aliphatic heterocycles. The minimum absolute atomic E-state index is 0.0117. The molecule has 0 unspecified atom stereocenters. The molecule has 6 nitrogen and oxygen atoms in total. The summed E-state index contributed by atoms with van der Waals surface area (Å²) < 4.78 is 60.9. The van der Waals surface area contributed by atoms with Crippen LogP contribution in [0.3, 0.4) is 0 Å². The Labute approximate surface area is 197 Å². The average molecular weight is 485 g/mol. The van der Waals surface area contributed by atoms with E-state index in [0.717, 1.165) is 12.1 Å². The van der Waals surface area contributed by atoms with Gasteiger partial charge in [0.15, 0.2) is 0 Å². The van der Waals surface area contributed by atoms with E-state index >= 15 is 0 Å². The number of benzene rings is 3. The summed E-state index contributed by atoms with van der Waals surface area (Å²) in [4.78, 5) is 16.5. The smallest absolute Gasteiger partial charge is 0.417 e. The van der Waals surface area contributed by atoms with E-state index in [1.54, 1.807) is 43.4 Å². The summed E-state index contributed by atoms with van der Waals surface area (Å²) in [5.74, 6) is -1.79. The Bertz CT molecular complexity index is 1350. The Morgan fingerprint density at radius 3 is 2.43 bits per heavy atom. The third-order valence-corrected chi connectivity index (χ3v) is 5.16. The minimum Gasteiger partial charge on any atom is -0.480 e. The maximum absolute atomic E-state index is 14.2. The molecular weight excluding hydrogens is 466 g/mol. The van der Waals surface area contributed by atoms with Crippen molar-refractivity contribution < 1.29 is 32.0 Å². The molecule has 1 heterocycles. The van der Waals surface area contributed by atoms with Crippen molar-refractivity contribution in [1.29, 1.82) is 0 Å². The number of aliphatic carboxylic acids is 1. The third-order valence-electron chi connectivity index (χ3n) is 5.16. The second kappa shape index (κ2) is 9.67. The first-order chi connectivity index (χ1) is 16.6. The Morgan fingerprint density at radius 2 is 1.74 bits per heavy atom. The highest BCUT2D eigenvalue weighted by molar-refractivity contribution is 5.72. The number of carboxylic acid groups (broad SMARTS) is 1. The van der Waals surface area contributed by atoms with Crippen molar-refractivity contribution in [1.82, 2.24) is 15.0 Å². The number of rotatable bonds is 7. The molecule has 10 heteroatoms. The maximum Gasteiger partial charge on any atom is 0.417 e. The van der Waals surface area contributed by atoms with E-state index in [1.165, 1.54) is 23.1 Å². The van der Waals surface area contributed by atoms with Gasteiger partial charge in [0.25, 0.3) is 5.89 Å². The molecule has 0 radical (unpaired) electrons. The summed E-state index contributed by atoms with van der Waals surface area (Å²) >= 11 is 0. The quantitative estimate of drug-likeness (QED) is 0.336. The lowest BCUT2D eigenvalue weighted by Gasteiger charge is -2.14. The molecule has 1 N–H and O–H groups in total. The molecule has 0 aliphatic carbocycles. The molecule has 1 aromatic heterocycles. The van der Waals surface area contributed by atoms with Crippen LogP contribution in [0, 0.1) is 5.82 Å². The predicted octanol–water partition coefficient (Wildman–Crippen LogP) is 5.74. The van der Waals surface area contributed by atoms with Crippen LogP contribution in [-0.4, -0.2) is 39.7 Å². The number of hydrogen-bond donors (Lipinski definition) is 1. The Morgan fingerprint density at radius 1 is 1.00 bits per heavy atom. The zero-order chi connectivity index (χ0) is 25.2. The van der Waals surface area contributed by atoms with Gasteiger partial charge in [-0.15, -0.1) is 0 Å². The lowest BCUT2D eigenvalue weighted by Crippen LogP contribution is -2.25. The fraction of sp³-hybridized carbons (Fsp3) is 0.160. The van der Waals surface area contributed by atoms with Crippen molar-refractivity contribution in [2.75, 3.05) is 13.6 Å². The first-order valence-electron chi connectivity index (χ1n) is 10.4. The number of nitrogens with zero attached hydrogens (tertiary/aromatic N) is 3. The number of carbonyl (C=O) groups is 1. The predicted molar refractivity (Wildman–Crippen MR) is 120 cm³/mol. The summed E-state index contributed by atoms with van der Waals surface area (Å²) in [7, 11) is 1.57. The monoisotopic (exact) mass is 485 g/mol. The van der Waals surface area contributed by atoms with Gasteiger partial charge in [0.2, 0.25) is 5.82 Å². The lowest BCUT2D eigenvalue weighted by atomic mass is 9.97. The van der Waals surface area contributed by atoms with Gasteiger partial charge in [0.05, 0.1) is 12.1 Å². The number of likely N-dealkylation sites (N-methyl/N-ethyl adjacent to an activating group) is 1. The molecule has 3 aromatic carbocycles. The first-order valence-corrected chi connectivity index (χ1v) is 10.4. The van der Waals surface area contributed by atoms with Gasteiger partial charge in [-0.3, -0.25) is 9.69 Å². The van der Waals surface area contributed by atoms with Crippen LogP contribution in [0.15, 0.2) is 71.3 Å². The molecule has 0 aliphatic rings. The molecule has 180 valence electrons. The van der Waals surface area contributed by atoms with E-state index in [-0.39, 0.29) is 41.5 Å². The second-order valence-electron chi connectivity index (χ2n) is 7.96. The van der Waals surface area contributed by atoms with Crippen molar-refractivity contribution >= 4 is 5.97 Å². The number of aromatic nitrogens is 2. The van der Waals surface area contributed by atoms with Gasteiger partial charge < -0.3 is 9.63 Å². The van der Waals surface area contributed by atoms with Crippen LogP contribution in [0.2, 0.25) is 0 Å².